The van der Waals surface area contributed by atoms with E-state index >= 15 is 0 Å². The summed E-state index contributed by atoms with van der Waals surface area (Å²) in [7, 11) is 3.46. The minimum atomic E-state index is -0.321. The predicted molar refractivity (Wildman–Crippen MR) is 150 cm³/mol. The summed E-state index contributed by atoms with van der Waals surface area (Å²) < 4.78 is 7.65. The minimum Gasteiger partial charge on any atom is -0.494 e. The first kappa shape index (κ1) is 25.4. The number of methoxy groups -OCH3 is 1. The fourth-order valence-corrected chi connectivity index (χ4v) is 4.45. The van der Waals surface area contributed by atoms with E-state index in [0.29, 0.717) is 23.6 Å². The molecule has 0 bridgehead atoms. The van der Waals surface area contributed by atoms with Gasteiger partial charge in [0.25, 0.3) is 0 Å². The molecule has 3 heterocycles. The number of hydrogen-bond acceptors (Lipinski definition) is 6. The van der Waals surface area contributed by atoms with Crippen molar-refractivity contribution in [1.29, 1.82) is 0 Å². The minimum absolute atomic E-state index is 0.321. The van der Waals surface area contributed by atoms with Crippen molar-refractivity contribution in [2.45, 2.75) is 20.8 Å². The number of amides is 1. The molecule has 1 aromatic carbocycles. The van der Waals surface area contributed by atoms with Gasteiger partial charge in [-0.1, -0.05) is 18.7 Å². The number of anilines is 1. The van der Waals surface area contributed by atoms with Crippen LogP contribution in [0.25, 0.3) is 39.0 Å². The molecule has 0 aliphatic rings. The summed E-state index contributed by atoms with van der Waals surface area (Å²) >= 11 is 0. The second kappa shape index (κ2) is 10.5. The van der Waals surface area contributed by atoms with E-state index < -0.39 is 0 Å². The topological polar surface area (TPSA) is 123 Å². The molecule has 4 rings (SSSR count). The fraction of sp³-hybridized carbons (Fsp3) is 0.214. The number of nitrogens with two attached hydrogens (primary N) is 1. The SMILES string of the molecule is C=CC(=O)Nc1c(C)ccc(-c2c(-c3cnn(C)c3)[nH]c3ncc(/C(C=NCC)=C/N)c(C)c23)c1OC. The van der Waals surface area contributed by atoms with Crippen molar-refractivity contribution in [2.75, 3.05) is 19.0 Å². The lowest BCUT2D eigenvalue weighted by atomic mass is 9.93. The number of carbonyl (C=O) groups is 1. The maximum atomic E-state index is 12.3. The fourth-order valence-electron chi connectivity index (χ4n) is 4.45. The Kier molecular flexibility index (Phi) is 7.24. The molecule has 0 fully saturated rings. The number of rotatable bonds is 8. The molecule has 0 saturated carbocycles. The molecule has 9 nitrogen and oxygen atoms in total. The second-order valence-corrected chi connectivity index (χ2v) is 8.58. The Morgan fingerprint density at radius 1 is 1.32 bits per heavy atom. The number of pyridine rings is 1. The highest BCUT2D eigenvalue weighted by Gasteiger charge is 2.25. The van der Waals surface area contributed by atoms with Gasteiger partial charge in [0.05, 0.1) is 24.7 Å². The zero-order valence-corrected chi connectivity index (χ0v) is 21.7. The summed E-state index contributed by atoms with van der Waals surface area (Å²) in [6.07, 6.45) is 10.1. The first-order chi connectivity index (χ1) is 17.8. The van der Waals surface area contributed by atoms with Gasteiger partial charge in [-0.3, -0.25) is 14.5 Å². The molecule has 4 aromatic rings. The standard InChI is InChI=1S/C28H31N7O2/c1-7-22(36)33-25-16(3)9-10-20(27(25)37-6)24-23-17(4)21(18(11-29)12-30-8-2)14-31-28(23)34-26(24)19-13-32-35(5)15-19/h7,9-15H,1,8,29H2,2-6H3,(H,31,34)(H,33,36)/b18-11+,30-12?. The molecule has 4 N–H and O–H groups in total. The van der Waals surface area contributed by atoms with Crippen molar-refractivity contribution in [2.24, 2.45) is 17.8 Å². The Morgan fingerprint density at radius 3 is 2.73 bits per heavy atom. The van der Waals surface area contributed by atoms with E-state index in [-0.39, 0.29) is 5.91 Å². The van der Waals surface area contributed by atoms with Crippen LogP contribution in [0.4, 0.5) is 5.69 Å². The molecular weight excluding hydrogens is 466 g/mol. The quantitative estimate of drug-likeness (QED) is 0.239. The Hall–Kier alpha value is -4.66. The van der Waals surface area contributed by atoms with Gasteiger partial charge < -0.3 is 20.8 Å². The molecule has 0 saturated heterocycles. The van der Waals surface area contributed by atoms with Gasteiger partial charge in [0.1, 0.15) is 5.65 Å². The van der Waals surface area contributed by atoms with Crippen LogP contribution >= 0.6 is 0 Å². The number of hydrogen-bond donors (Lipinski definition) is 3. The van der Waals surface area contributed by atoms with E-state index in [1.807, 2.05) is 46.1 Å². The molecule has 190 valence electrons. The van der Waals surface area contributed by atoms with Crippen LogP contribution in [0, 0.1) is 13.8 Å². The van der Waals surface area contributed by atoms with Crippen LogP contribution < -0.4 is 15.8 Å². The Morgan fingerprint density at radius 2 is 2.11 bits per heavy atom. The number of carbonyl (C=O) groups excluding carboxylic acids is 1. The van der Waals surface area contributed by atoms with Crippen LogP contribution in [-0.4, -0.2) is 45.5 Å². The first-order valence-corrected chi connectivity index (χ1v) is 11.9. The molecule has 0 aliphatic heterocycles. The van der Waals surface area contributed by atoms with Crippen molar-refractivity contribution in [3.05, 3.63) is 66.3 Å². The van der Waals surface area contributed by atoms with Crippen LogP contribution in [0.15, 0.2) is 54.6 Å². The molecule has 0 spiro atoms. The molecule has 0 atom stereocenters. The summed E-state index contributed by atoms with van der Waals surface area (Å²) in [5, 5.41) is 8.18. The zero-order valence-electron chi connectivity index (χ0n) is 21.7. The Bertz CT molecular complexity index is 1560. The average molecular weight is 498 g/mol. The van der Waals surface area contributed by atoms with E-state index in [1.165, 1.54) is 6.08 Å². The highest BCUT2D eigenvalue weighted by atomic mass is 16.5. The maximum absolute atomic E-state index is 12.3. The largest absolute Gasteiger partial charge is 0.494 e. The molecule has 9 heteroatoms. The second-order valence-electron chi connectivity index (χ2n) is 8.58. The van der Waals surface area contributed by atoms with Crippen molar-refractivity contribution < 1.29 is 9.53 Å². The van der Waals surface area contributed by atoms with Crippen LogP contribution in [0.5, 0.6) is 5.75 Å². The average Bonchev–Trinajstić information content (AvgIpc) is 3.50. The number of aliphatic imine (C=N–C) groups is 1. The van der Waals surface area contributed by atoms with Crippen molar-refractivity contribution in [3.8, 4) is 28.1 Å². The number of nitrogens with zero attached hydrogens (tertiary/aromatic N) is 4. The van der Waals surface area contributed by atoms with Crippen LogP contribution in [-0.2, 0) is 11.8 Å². The molecule has 0 aliphatic carbocycles. The third kappa shape index (κ3) is 4.63. The normalized spacial score (nSPS) is 11.9. The predicted octanol–water partition coefficient (Wildman–Crippen LogP) is 4.77. The molecule has 37 heavy (non-hydrogen) atoms. The Balaban J connectivity index is 2.11. The number of allylic oxidation sites excluding steroid dienone is 1. The first-order valence-electron chi connectivity index (χ1n) is 11.9. The number of fused-ring (bicyclic) bond motifs is 1. The Labute approximate surface area is 215 Å². The van der Waals surface area contributed by atoms with Crippen LogP contribution in [0.3, 0.4) is 0 Å². The molecule has 3 aromatic heterocycles. The third-order valence-corrected chi connectivity index (χ3v) is 6.25. The third-order valence-electron chi connectivity index (χ3n) is 6.25. The summed E-state index contributed by atoms with van der Waals surface area (Å²) in [6.45, 7) is 10.1. The molecule has 0 unspecified atom stereocenters. The summed E-state index contributed by atoms with van der Waals surface area (Å²) in [4.78, 5) is 24.9. The highest BCUT2D eigenvalue weighted by Crippen LogP contribution is 2.47. The summed E-state index contributed by atoms with van der Waals surface area (Å²) in [6, 6.07) is 3.94. The van der Waals surface area contributed by atoms with Gasteiger partial charge in [-0.05, 0) is 38.0 Å². The summed E-state index contributed by atoms with van der Waals surface area (Å²) in [5.74, 6) is 0.214. The maximum Gasteiger partial charge on any atom is 0.247 e. The van der Waals surface area contributed by atoms with E-state index in [0.717, 1.165) is 50.0 Å². The van der Waals surface area contributed by atoms with Crippen molar-refractivity contribution in [3.63, 3.8) is 0 Å². The van der Waals surface area contributed by atoms with Gasteiger partial charge in [-0.2, -0.15) is 5.10 Å². The summed E-state index contributed by atoms with van der Waals surface area (Å²) in [5.41, 5.74) is 14.1. The lowest BCUT2D eigenvalue weighted by molar-refractivity contribution is -0.111. The van der Waals surface area contributed by atoms with Crippen molar-refractivity contribution >= 4 is 34.4 Å². The van der Waals surface area contributed by atoms with Crippen LogP contribution in [0.1, 0.15) is 23.6 Å². The smallest absolute Gasteiger partial charge is 0.247 e. The van der Waals surface area contributed by atoms with E-state index in [1.54, 1.807) is 36.6 Å². The number of H-pyrrole nitrogens is 1. The van der Waals surface area contributed by atoms with E-state index in [4.69, 9.17) is 15.5 Å². The number of aromatic nitrogens is 4. The van der Waals surface area contributed by atoms with E-state index in [2.05, 4.69) is 27.0 Å². The molecule has 1 amide bonds. The van der Waals surface area contributed by atoms with Gasteiger partial charge in [0.15, 0.2) is 5.75 Å². The lowest BCUT2D eigenvalue weighted by Gasteiger charge is -2.18. The highest BCUT2D eigenvalue weighted by molar-refractivity contribution is 6.14. The van der Waals surface area contributed by atoms with E-state index in [9.17, 15) is 4.79 Å². The molecule has 0 radical (unpaired) electrons. The van der Waals surface area contributed by atoms with Crippen molar-refractivity contribution in [1.82, 2.24) is 19.7 Å². The number of ether oxygens (including phenoxy) is 1. The van der Waals surface area contributed by atoms with Gasteiger partial charge in [0.2, 0.25) is 5.91 Å². The monoisotopic (exact) mass is 497 g/mol. The van der Waals surface area contributed by atoms with Gasteiger partial charge in [0, 0.05) is 71.6 Å². The number of benzene rings is 1. The number of aromatic amines is 1. The number of aryl methyl sites for hydroxylation is 3. The zero-order chi connectivity index (χ0) is 26.7. The van der Waals surface area contributed by atoms with Gasteiger partial charge >= 0.3 is 0 Å². The molecular formula is C28H31N7O2. The van der Waals surface area contributed by atoms with Gasteiger partial charge in [-0.15, -0.1) is 0 Å². The van der Waals surface area contributed by atoms with Gasteiger partial charge in [-0.25, -0.2) is 4.98 Å². The lowest BCUT2D eigenvalue weighted by Crippen LogP contribution is -2.10. The van der Waals surface area contributed by atoms with Crippen LogP contribution in [0.2, 0.25) is 0 Å². The number of nitrogens with one attached hydrogen (secondary N) is 2.